The molecule has 2 N–H and O–H groups in total. The highest BCUT2D eigenvalue weighted by Crippen LogP contribution is 2.63. The van der Waals surface area contributed by atoms with Crippen LogP contribution >= 0.6 is 0 Å². The molecular weight excluding hydrogens is 435 g/mol. The maximum Gasteiger partial charge on any atom is 0.262 e. The summed E-state index contributed by atoms with van der Waals surface area (Å²) in [7, 11) is 1.75. The van der Waals surface area contributed by atoms with E-state index in [0.29, 0.717) is 25.2 Å². The zero-order valence-corrected chi connectivity index (χ0v) is 20.0. The SMILES string of the molecule is CCC1CC2(CCC1OC)Cc1ccc(C#N)cc1C21N=C(N)N(CC2(F)CCOCC2)C1=O. The zero-order valence-electron chi connectivity index (χ0n) is 20.0. The van der Waals surface area contributed by atoms with Crippen molar-refractivity contribution in [2.75, 3.05) is 26.9 Å². The minimum absolute atomic E-state index is 0.0741. The number of amides is 1. The Morgan fingerprint density at radius 3 is 2.79 bits per heavy atom. The third-order valence-corrected chi connectivity index (χ3v) is 8.78. The van der Waals surface area contributed by atoms with Gasteiger partial charge >= 0.3 is 0 Å². The van der Waals surface area contributed by atoms with Crippen LogP contribution in [0, 0.1) is 22.7 Å². The summed E-state index contributed by atoms with van der Waals surface area (Å²) in [4.78, 5) is 20.6. The molecule has 4 atom stereocenters. The van der Waals surface area contributed by atoms with Gasteiger partial charge in [0.05, 0.1) is 24.3 Å². The highest BCUT2D eigenvalue weighted by molar-refractivity contribution is 6.08. The number of aliphatic imine (C=N–C) groups is 1. The second-order valence-corrected chi connectivity index (χ2v) is 10.5. The van der Waals surface area contributed by atoms with Crippen molar-refractivity contribution in [2.24, 2.45) is 22.1 Å². The average Bonchev–Trinajstić information content (AvgIpc) is 3.25. The Kier molecular flexibility index (Phi) is 5.69. The Labute approximate surface area is 200 Å². The molecule has 182 valence electrons. The second kappa shape index (κ2) is 8.31. The minimum atomic E-state index is -1.55. The first-order valence-corrected chi connectivity index (χ1v) is 12.3. The van der Waals surface area contributed by atoms with Gasteiger partial charge < -0.3 is 15.2 Å². The lowest BCUT2D eigenvalue weighted by molar-refractivity contribution is -0.142. The quantitative estimate of drug-likeness (QED) is 0.731. The molecule has 0 radical (unpaired) electrons. The first kappa shape index (κ1) is 23.3. The summed E-state index contributed by atoms with van der Waals surface area (Å²) in [6, 6.07) is 7.74. The molecule has 2 aliphatic carbocycles. The molecule has 7 nitrogen and oxygen atoms in total. The van der Waals surface area contributed by atoms with E-state index >= 15 is 4.39 Å². The van der Waals surface area contributed by atoms with E-state index in [-0.39, 0.29) is 43.3 Å². The van der Waals surface area contributed by atoms with Gasteiger partial charge in [-0.1, -0.05) is 19.4 Å². The summed E-state index contributed by atoms with van der Waals surface area (Å²) >= 11 is 0. The third kappa shape index (κ3) is 3.28. The fourth-order valence-corrected chi connectivity index (χ4v) is 6.94. The molecule has 1 aromatic carbocycles. The van der Waals surface area contributed by atoms with E-state index in [1.54, 1.807) is 19.2 Å². The standard InChI is InChI=1S/C26H33FN4O3/c1-3-18-13-24(7-6-21(18)33-2)14-19-5-4-17(15-28)12-20(19)26(24)22(32)31(23(29)30-26)16-25(27)8-10-34-11-9-25/h4-5,12,18,21H,3,6-11,13-14,16H2,1-2H3,(H2,29,30). The predicted octanol–water partition coefficient (Wildman–Crippen LogP) is 3.20. The topological polar surface area (TPSA) is 101 Å². The summed E-state index contributed by atoms with van der Waals surface area (Å²) in [6.45, 7) is 2.69. The number of hydrogen-bond donors (Lipinski definition) is 1. The highest BCUT2D eigenvalue weighted by Gasteiger charge is 2.68. The van der Waals surface area contributed by atoms with Gasteiger partial charge in [-0.25, -0.2) is 9.38 Å². The van der Waals surface area contributed by atoms with Gasteiger partial charge in [-0.3, -0.25) is 9.69 Å². The Bertz CT molecular complexity index is 1060. The predicted molar refractivity (Wildman–Crippen MR) is 125 cm³/mol. The molecule has 2 heterocycles. The van der Waals surface area contributed by atoms with Crippen molar-refractivity contribution in [3.8, 4) is 6.07 Å². The number of ether oxygens (including phenoxy) is 2. The van der Waals surface area contributed by atoms with Crippen LogP contribution in [0.2, 0.25) is 0 Å². The van der Waals surface area contributed by atoms with E-state index in [4.69, 9.17) is 20.2 Å². The van der Waals surface area contributed by atoms with Gasteiger partial charge in [-0.05, 0) is 54.9 Å². The van der Waals surface area contributed by atoms with Crippen molar-refractivity contribution in [3.63, 3.8) is 0 Å². The smallest absolute Gasteiger partial charge is 0.262 e. The average molecular weight is 469 g/mol. The number of hydrogen-bond acceptors (Lipinski definition) is 6. The summed E-state index contributed by atoms with van der Waals surface area (Å²) in [5.41, 5.74) is 5.41. The molecule has 1 saturated heterocycles. The summed E-state index contributed by atoms with van der Waals surface area (Å²) < 4.78 is 26.8. The van der Waals surface area contributed by atoms with Crippen molar-refractivity contribution >= 4 is 11.9 Å². The van der Waals surface area contributed by atoms with E-state index in [9.17, 15) is 10.1 Å². The Hall–Kier alpha value is -2.50. The lowest BCUT2D eigenvalue weighted by Gasteiger charge is -2.48. The Balaban J connectivity index is 1.60. The number of halogens is 1. The van der Waals surface area contributed by atoms with E-state index < -0.39 is 16.6 Å². The van der Waals surface area contributed by atoms with Crippen molar-refractivity contribution in [1.82, 2.24) is 4.90 Å². The van der Waals surface area contributed by atoms with E-state index in [1.807, 2.05) is 6.07 Å². The number of fused-ring (bicyclic) bond motifs is 3. The normalized spacial score (nSPS) is 34.4. The second-order valence-electron chi connectivity index (χ2n) is 10.5. The van der Waals surface area contributed by atoms with Crippen molar-refractivity contribution in [1.29, 1.82) is 5.26 Å². The van der Waals surface area contributed by atoms with Crippen molar-refractivity contribution in [2.45, 2.75) is 69.2 Å². The van der Waals surface area contributed by atoms with E-state index in [1.165, 1.54) is 4.90 Å². The van der Waals surface area contributed by atoms with Gasteiger partial charge in [0, 0.05) is 38.6 Å². The minimum Gasteiger partial charge on any atom is -0.381 e. The summed E-state index contributed by atoms with van der Waals surface area (Å²) in [6.07, 6.45) is 4.55. The van der Waals surface area contributed by atoms with Crippen LogP contribution in [0.4, 0.5) is 4.39 Å². The largest absolute Gasteiger partial charge is 0.381 e. The van der Waals surface area contributed by atoms with Crippen LogP contribution in [-0.4, -0.2) is 55.4 Å². The van der Waals surface area contributed by atoms with Crippen LogP contribution in [0.5, 0.6) is 0 Å². The number of benzene rings is 1. The molecule has 1 saturated carbocycles. The van der Waals surface area contributed by atoms with Crippen molar-refractivity contribution < 1.29 is 18.7 Å². The number of alkyl halides is 1. The third-order valence-electron chi connectivity index (χ3n) is 8.78. The van der Waals surface area contributed by atoms with Crippen molar-refractivity contribution in [3.05, 3.63) is 34.9 Å². The monoisotopic (exact) mass is 468 g/mol. The zero-order chi connectivity index (χ0) is 24.1. The number of carbonyl (C=O) groups is 1. The molecule has 34 heavy (non-hydrogen) atoms. The van der Waals surface area contributed by atoms with Crippen LogP contribution in [0.3, 0.4) is 0 Å². The molecule has 2 spiro atoms. The Morgan fingerprint density at radius 1 is 1.35 bits per heavy atom. The molecule has 8 heteroatoms. The highest BCUT2D eigenvalue weighted by atomic mass is 19.1. The maximum absolute atomic E-state index is 15.7. The number of rotatable bonds is 4. The lowest BCUT2D eigenvalue weighted by Crippen LogP contribution is -2.56. The molecular formula is C26H33FN4O3. The number of carbonyl (C=O) groups excluding carboxylic acids is 1. The first-order chi connectivity index (χ1) is 16.3. The van der Waals surface area contributed by atoms with Crippen LogP contribution < -0.4 is 5.73 Å². The molecule has 2 aliphatic heterocycles. The molecule has 4 unspecified atom stereocenters. The fourth-order valence-electron chi connectivity index (χ4n) is 6.94. The first-order valence-electron chi connectivity index (χ1n) is 12.3. The van der Waals surface area contributed by atoms with Gasteiger partial charge in [-0.2, -0.15) is 5.26 Å². The molecule has 4 aliphatic rings. The number of methoxy groups -OCH3 is 1. The molecule has 1 amide bonds. The fraction of sp³-hybridized carbons (Fsp3) is 0.654. The molecule has 5 rings (SSSR count). The number of nitrogens with zero attached hydrogens (tertiary/aromatic N) is 3. The molecule has 0 bridgehead atoms. The van der Waals surface area contributed by atoms with Gasteiger partial charge in [0.25, 0.3) is 5.91 Å². The molecule has 2 fully saturated rings. The molecule has 0 aromatic heterocycles. The van der Waals surface area contributed by atoms with Crippen LogP contribution in [0.25, 0.3) is 0 Å². The van der Waals surface area contributed by atoms with Gasteiger partial charge in [0.2, 0.25) is 0 Å². The van der Waals surface area contributed by atoms with Gasteiger partial charge in [0.1, 0.15) is 5.67 Å². The lowest BCUT2D eigenvalue weighted by atomic mass is 9.58. The number of nitriles is 1. The van der Waals surface area contributed by atoms with E-state index in [0.717, 1.165) is 36.8 Å². The Morgan fingerprint density at radius 2 is 2.12 bits per heavy atom. The maximum atomic E-state index is 15.7. The summed E-state index contributed by atoms with van der Waals surface area (Å²) in [5, 5.41) is 9.58. The van der Waals surface area contributed by atoms with Gasteiger partial charge in [-0.15, -0.1) is 0 Å². The van der Waals surface area contributed by atoms with Gasteiger partial charge in [0.15, 0.2) is 11.5 Å². The number of guanidine groups is 1. The van der Waals surface area contributed by atoms with Crippen LogP contribution in [0.1, 0.15) is 62.1 Å². The molecule has 1 aromatic rings. The number of nitrogens with two attached hydrogens (primary N) is 1. The van der Waals surface area contributed by atoms with Crippen LogP contribution in [0.15, 0.2) is 23.2 Å². The summed E-state index contributed by atoms with van der Waals surface area (Å²) in [5.74, 6) is 0.0970. The van der Waals surface area contributed by atoms with E-state index in [2.05, 4.69) is 13.0 Å². The van der Waals surface area contributed by atoms with Crippen LogP contribution in [-0.2, 0) is 26.2 Å².